The molecule has 0 atom stereocenters. The van der Waals surface area contributed by atoms with Gasteiger partial charge in [-0.05, 0) is 72.7 Å². The number of benzene rings is 9. The van der Waals surface area contributed by atoms with Gasteiger partial charge < -0.3 is 0 Å². The summed E-state index contributed by atoms with van der Waals surface area (Å²) in [6, 6.07) is 58.5. The normalized spacial score (nSPS) is 11.9. The van der Waals surface area contributed by atoms with Crippen LogP contribution in [0.1, 0.15) is 0 Å². The van der Waals surface area contributed by atoms with E-state index in [-0.39, 0.29) is 0 Å². The van der Waals surface area contributed by atoms with Gasteiger partial charge in [0.15, 0.2) is 17.5 Å². The fourth-order valence-electron chi connectivity index (χ4n) is 7.79. The molecular formula is C47H27N3S. The number of hydrogen-bond acceptors (Lipinski definition) is 4. The van der Waals surface area contributed by atoms with Crippen molar-refractivity contribution in [1.29, 1.82) is 0 Å². The number of rotatable bonds is 3. The van der Waals surface area contributed by atoms with E-state index in [1.165, 1.54) is 68.6 Å². The van der Waals surface area contributed by atoms with Crippen LogP contribution in [0.4, 0.5) is 0 Å². The lowest BCUT2D eigenvalue weighted by Gasteiger charge is -2.13. The Labute approximate surface area is 297 Å². The first kappa shape index (κ1) is 28.4. The van der Waals surface area contributed by atoms with Crippen molar-refractivity contribution in [3.8, 4) is 34.2 Å². The second kappa shape index (κ2) is 11.0. The van der Waals surface area contributed by atoms with Crippen molar-refractivity contribution in [2.75, 3.05) is 0 Å². The van der Waals surface area contributed by atoms with Crippen molar-refractivity contribution >= 4 is 85.4 Å². The van der Waals surface area contributed by atoms with Crippen LogP contribution in [0.2, 0.25) is 0 Å². The molecule has 0 fully saturated rings. The Hall–Kier alpha value is -6.49. The largest absolute Gasteiger partial charge is 0.208 e. The topological polar surface area (TPSA) is 38.7 Å². The Morgan fingerprint density at radius 3 is 1.73 bits per heavy atom. The first-order valence-electron chi connectivity index (χ1n) is 17.2. The van der Waals surface area contributed by atoms with Gasteiger partial charge >= 0.3 is 0 Å². The number of aromatic nitrogens is 3. The van der Waals surface area contributed by atoms with Crippen LogP contribution in [-0.2, 0) is 0 Å². The molecule has 2 aromatic heterocycles. The molecule has 0 bridgehead atoms. The molecule has 9 aromatic carbocycles. The van der Waals surface area contributed by atoms with E-state index >= 15 is 0 Å². The van der Waals surface area contributed by atoms with Crippen molar-refractivity contribution in [2.45, 2.75) is 0 Å². The van der Waals surface area contributed by atoms with E-state index in [1.54, 1.807) is 0 Å². The van der Waals surface area contributed by atoms with Crippen molar-refractivity contribution in [1.82, 2.24) is 15.0 Å². The molecule has 0 saturated heterocycles. The Morgan fingerprint density at radius 1 is 0.333 bits per heavy atom. The lowest BCUT2D eigenvalue weighted by atomic mass is 9.95. The van der Waals surface area contributed by atoms with Crippen LogP contribution in [0.25, 0.3) is 108 Å². The summed E-state index contributed by atoms with van der Waals surface area (Å²) in [7, 11) is 0. The molecule has 0 aliphatic rings. The Bertz CT molecular complexity index is 3200. The third-order valence-electron chi connectivity index (χ3n) is 10.2. The van der Waals surface area contributed by atoms with Gasteiger partial charge in [0.2, 0.25) is 0 Å². The van der Waals surface area contributed by atoms with Crippen LogP contribution in [0, 0.1) is 0 Å². The minimum atomic E-state index is 0.658. The highest BCUT2D eigenvalue weighted by Gasteiger charge is 2.21. The van der Waals surface area contributed by atoms with E-state index in [4.69, 9.17) is 15.0 Å². The van der Waals surface area contributed by atoms with Crippen LogP contribution in [0.3, 0.4) is 0 Å². The zero-order chi connectivity index (χ0) is 33.5. The van der Waals surface area contributed by atoms with Gasteiger partial charge in [-0.2, -0.15) is 0 Å². The summed E-state index contributed by atoms with van der Waals surface area (Å²) in [5.74, 6) is 1.99. The molecule has 4 heteroatoms. The molecular weight excluding hydrogens is 639 g/mol. The predicted octanol–water partition coefficient (Wildman–Crippen LogP) is 13.0. The molecule has 11 rings (SSSR count). The zero-order valence-electron chi connectivity index (χ0n) is 27.3. The molecule has 2 heterocycles. The second-order valence-electron chi connectivity index (χ2n) is 13.2. The number of hydrogen-bond donors (Lipinski definition) is 0. The Kier molecular flexibility index (Phi) is 6.12. The monoisotopic (exact) mass is 665 g/mol. The summed E-state index contributed by atoms with van der Waals surface area (Å²) >= 11 is 1.86. The molecule has 0 spiro atoms. The van der Waals surface area contributed by atoms with Gasteiger partial charge in [0.05, 0.1) is 0 Å². The molecule has 0 aliphatic carbocycles. The summed E-state index contributed by atoms with van der Waals surface area (Å²) < 4.78 is 2.51. The first-order chi connectivity index (χ1) is 25.2. The number of nitrogens with zero attached hydrogens (tertiary/aromatic N) is 3. The average molecular weight is 666 g/mol. The maximum Gasteiger partial charge on any atom is 0.164 e. The van der Waals surface area contributed by atoms with E-state index in [0.717, 1.165) is 22.1 Å². The molecule has 0 unspecified atom stereocenters. The van der Waals surface area contributed by atoms with E-state index in [0.29, 0.717) is 17.5 Å². The van der Waals surface area contributed by atoms with Gasteiger partial charge in [0.1, 0.15) is 0 Å². The molecule has 0 N–H and O–H groups in total. The standard InChI is InChI=1S/C47H27N3S/c1-2-12-30(13-3-1)45-48-46(35-22-23-37-33(24-35)20-18-28-10-6-8-16-36(28)37)50-47(49-45)40-26-34-21-19-29-11-7-9-17-38(29)42(34)44-43(40)39-25-31-14-4-5-15-32(31)27-41(39)51-44/h1-27H. The lowest BCUT2D eigenvalue weighted by molar-refractivity contribution is 1.08. The van der Waals surface area contributed by atoms with Gasteiger partial charge in [-0.25, -0.2) is 15.0 Å². The van der Waals surface area contributed by atoms with Gasteiger partial charge in [-0.3, -0.25) is 0 Å². The fraction of sp³-hybridized carbons (Fsp3) is 0. The highest BCUT2D eigenvalue weighted by Crippen LogP contribution is 2.47. The van der Waals surface area contributed by atoms with E-state index in [1.807, 2.05) is 29.5 Å². The second-order valence-corrected chi connectivity index (χ2v) is 14.3. The fourth-order valence-corrected chi connectivity index (χ4v) is 9.11. The Balaban J connectivity index is 1.24. The number of fused-ring (bicyclic) bond motifs is 11. The van der Waals surface area contributed by atoms with E-state index in [9.17, 15) is 0 Å². The molecule has 3 nitrogen and oxygen atoms in total. The SMILES string of the molecule is c1ccc(-c2nc(-c3ccc4c(ccc5ccccc54)c3)nc(-c3cc4ccc5ccccc5c4c4sc5cc6ccccc6cc5c34)n2)cc1. The quantitative estimate of drug-likeness (QED) is 0.176. The lowest BCUT2D eigenvalue weighted by Crippen LogP contribution is -2.00. The third-order valence-corrected chi connectivity index (χ3v) is 11.4. The third kappa shape index (κ3) is 4.47. The van der Waals surface area contributed by atoms with Crippen LogP contribution in [-0.4, -0.2) is 15.0 Å². The molecule has 0 radical (unpaired) electrons. The minimum absolute atomic E-state index is 0.658. The first-order valence-corrected chi connectivity index (χ1v) is 18.0. The van der Waals surface area contributed by atoms with Crippen molar-refractivity contribution in [3.05, 3.63) is 164 Å². The van der Waals surface area contributed by atoms with Gasteiger partial charge in [0.25, 0.3) is 0 Å². The highest BCUT2D eigenvalue weighted by atomic mass is 32.1. The van der Waals surface area contributed by atoms with E-state index < -0.39 is 0 Å². The minimum Gasteiger partial charge on any atom is -0.208 e. The van der Waals surface area contributed by atoms with Gasteiger partial charge in [-0.1, -0.05) is 140 Å². The maximum atomic E-state index is 5.32. The molecule has 11 aromatic rings. The van der Waals surface area contributed by atoms with Gasteiger partial charge in [-0.15, -0.1) is 11.3 Å². The van der Waals surface area contributed by atoms with Crippen molar-refractivity contribution in [2.24, 2.45) is 0 Å². The molecule has 0 aliphatic heterocycles. The molecule has 236 valence electrons. The smallest absolute Gasteiger partial charge is 0.164 e. The predicted molar refractivity (Wildman–Crippen MR) is 217 cm³/mol. The van der Waals surface area contributed by atoms with Crippen LogP contribution in [0.15, 0.2) is 164 Å². The van der Waals surface area contributed by atoms with Gasteiger partial charge in [0, 0.05) is 42.2 Å². The number of thiophene rings is 1. The van der Waals surface area contributed by atoms with Crippen LogP contribution >= 0.6 is 11.3 Å². The molecule has 0 amide bonds. The van der Waals surface area contributed by atoms with E-state index in [2.05, 4.69) is 146 Å². The summed E-state index contributed by atoms with van der Waals surface area (Å²) in [4.78, 5) is 15.7. The summed E-state index contributed by atoms with van der Waals surface area (Å²) in [6.07, 6.45) is 0. The summed E-state index contributed by atoms with van der Waals surface area (Å²) in [5.41, 5.74) is 2.93. The Morgan fingerprint density at radius 2 is 0.922 bits per heavy atom. The molecule has 51 heavy (non-hydrogen) atoms. The van der Waals surface area contributed by atoms with Crippen molar-refractivity contribution < 1.29 is 0 Å². The van der Waals surface area contributed by atoms with Crippen LogP contribution in [0.5, 0.6) is 0 Å². The maximum absolute atomic E-state index is 5.32. The zero-order valence-corrected chi connectivity index (χ0v) is 28.2. The summed E-state index contributed by atoms with van der Waals surface area (Å²) in [5, 5.41) is 14.7. The highest BCUT2D eigenvalue weighted by molar-refractivity contribution is 7.27. The molecule has 0 saturated carbocycles. The van der Waals surface area contributed by atoms with Crippen molar-refractivity contribution in [3.63, 3.8) is 0 Å². The van der Waals surface area contributed by atoms with Crippen LogP contribution < -0.4 is 0 Å². The average Bonchev–Trinajstić information content (AvgIpc) is 3.57. The summed E-state index contributed by atoms with van der Waals surface area (Å²) in [6.45, 7) is 0.